The van der Waals surface area contributed by atoms with E-state index in [4.69, 9.17) is 21.4 Å². The van der Waals surface area contributed by atoms with E-state index in [2.05, 4.69) is 13.8 Å². The Kier molecular flexibility index (Phi) is 6.94. The van der Waals surface area contributed by atoms with Crippen LogP contribution in [0.25, 0.3) is 16.9 Å². The topological polar surface area (TPSA) is 47.4 Å². The van der Waals surface area contributed by atoms with E-state index >= 15 is 0 Å². The first-order valence-electron chi connectivity index (χ1n) is 9.87. The molecule has 3 rings (SSSR count). The van der Waals surface area contributed by atoms with Crippen molar-refractivity contribution in [2.45, 2.75) is 26.7 Å². The molecule has 0 atom stereocenters. The van der Waals surface area contributed by atoms with E-state index in [0.717, 1.165) is 29.8 Å². The lowest BCUT2D eigenvalue weighted by atomic mass is 10.1. The zero-order valence-electron chi connectivity index (χ0n) is 17.1. The van der Waals surface area contributed by atoms with Crippen LogP contribution >= 0.6 is 11.6 Å². The molecule has 29 heavy (non-hydrogen) atoms. The molecule has 0 aliphatic heterocycles. The summed E-state index contributed by atoms with van der Waals surface area (Å²) in [5.41, 5.74) is 2.87. The molecule has 6 heteroatoms. The number of carbonyl (C=O) groups excluding carboxylic acids is 1. The van der Waals surface area contributed by atoms with Gasteiger partial charge in [-0.15, -0.1) is 0 Å². The fraction of sp³-hybridized carbons (Fsp3) is 0.304. The highest BCUT2D eigenvalue weighted by molar-refractivity contribution is 6.30. The van der Waals surface area contributed by atoms with Gasteiger partial charge < -0.3 is 9.64 Å². The maximum Gasteiger partial charge on any atom is 0.272 e. The molecule has 0 saturated carbocycles. The molecule has 3 aromatic rings. The Bertz CT molecular complexity index is 978. The summed E-state index contributed by atoms with van der Waals surface area (Å²) in [7, 11) is 1.63. The number of benzene rings is 2. The summed E-state index contributed by atoms with van der Waals surface area (Å²) in [5, 5.41) is 5.34. The third kappa shape index (κ3) is 4.80. The minimum absolute atomic E-state index is 0.0321. The van der Waals surface area contributed by atoms with E-state index in [1.54, 1.807) is 17.9 Å². The van der Waals surface area contributed by atoms with E-state index in [9.17, 15) is 4.79 Å². The van der Waals surface area contributed by atoms with Crippen LogP contribution in [0.2, 0.25) is 5.02 Å². The standard InChI is InChI=1S/C23H26ClN3O2/c1-4-12-26(13-5-2)23(28)22-16-21(17-8-6-11-20(14-17)29-3)25-27(22)19-10-7-9-18(24)15-19/h6-11,14-16H,4-5,12-13H2,1-3H3. The van der Waals surface area contributed by atoms with Crippen molar-refractivity contribution in [1.29, 1.82) is 0 Å². The van der Waals surface area contributed by atoms with Crippen molar-refractivity contribution in [2.75, 3.05) is 20.2 Å². The number of carbonyl (C=O) groups is 1. The number of ether oxygens (including phenoxy) is 1. The number of methoxy groups -OCH3 is 1. The molecule has 1 aromatic heterocycles. The van der Waals surface area contributed by atoms with Gasteiger partial charge in [-0.25, -0.2) is 4.68 Å². The van der Waals surface area contributed by atoms with Crippen LogP contribution in [0.15, 0.2) is 54.6 Å². The number of nitrogens with zero attached hydrogens (tertiary/aromatic N) is 3. The summed E-state index contributed by atoms with van der Waals surface area (Å²) in [5.74, 6) is 0.710. The third-order valence-corrected chi connectivity index (χ3v) is 4.86. The number of hydrogen-bond acceptors (Lipinski definition) is 3. The van der Waals surface area contributed by atoms with Crippen LogP contribution in [0, 0.1) is 0 Å². The lowest BCUT2D eigenvalue weighted by molar-refractivity contribution is 0.0746. The summed E-state index contributed by atoms with van der Waals surface area (Å²) in [6.45, 7) is 5.57. The average Bonchev–Trinajstić information content (AvgIpc) is 3.19. The van der Waals surface area contributed by atoms with Crippen LogP contribution in [-0.2, 0) is 0 Å². The number of rotatable bonds is 8. The Morgan fingerprint density at radius 1 is 1.07 bits per heavy atom. The lowest BCUT2D eigenvalue weighted by Crippen LogP contribution is -2.33. The van der Waals surface area contributed by atoms with E-state index in [1.807, 2.05) is 53.4 Å². The number of aromatic nitrogens is 2. The molecule has 0 unspecified atom stereocenters. The van der Waals surface area contributed by atoms with Crippen molar-refractivity contribution in [3.8, 4) is 22.7 Å². The third-order valence-electron chi connectivity index (χ3n) is 4.62. The van der Waals surface area contributed by atoms with E-state index in [-0.39, 0.29) is 5.91 Å². The van der Waals surface area contributed by atoms with Crippen molar-refractivity contribution >= 4 is 17.5 Å². The molecular formula is C23H26ClN3O2. The lowest BCUT2D eigenvalue weighted by Gasteiger charge is -2.21. The van der Waals surface area contributed by atoms with Crippen molar-refractivity contribution in [3.05, 3.63) is 65.3 Å². The number of halogens is 1. The minimum atomic E-state index is -0.0321. The number of hydrogen-bond donors (Lipinski definition) is 0. The minimum Gasteiger partial charge on any atom is -0.497 e. The van der Waals surface area contributed by atoms with Gasteiger partial charge >= 0.3 is 0 Å². The quantitative estimate of drug-likeness (QED) is 0.494. The van der Waals surface area contributed by atoms with Gasteiger partial charge in [-0.1, -0.05) is 43.6 Å². The Labute approximate surface area is 176 Å². The van der Waals surface area contributed by atoms with Gasteiger partial charge in [0.1, 0.15) is 11.4 Å². The van der Waals surface area contributed by atoms with Crippen LogP contribution < -0.4 is 4.74 Å². The van der Waals surface area contributed by atoms with Crippen LogP contribution in [-0.4, -0.2) is 40.8 Å². The fourth-order valence-corrected chi connectivity index (χ4v) is 3.46. The largest absolute Gasteiger partial charge is 0.497 e. The maximum atomic E-state index is 13.4. The first kappa shape index (κ1) is 20.9. The van der Waals surface area contributed by atoms with E-state index in [1.165, 1.54) is 0 Å². The smallest absolute Gasteiger partial charge is 0.272 e. The van der Waals surface area contributed by atoms with Crippen molar-refractivity contribution < 1.29 is 9.53 Å². The van der Waals surface area contributed by atoms with Gasteiger partial charge in [0.05, 0.1) is 18.5 Å². The van der Waals surface area contributed by atoms with Crippen LogP contribution in [0.4, 0.5) is 0 Å². The maximum absolute atomic E-state index is 13.4. The molecule has 0 radical (unpaired) electrons. The summed E-state index contributed by atoms with van der Waals surface area (Å²) in [6, 6.07) is 16.9. The van der Waals surface area contributed by atoms with Crippen molar-refractivity contribution in [1.82, 2.24) is 14.7 Å². The Morgan fingerprint density at radius 3 is 2.45 bits per heavy atom. The van der Waals surface area contributed by atoms with Crippen molar-refractivity contribution in [2.24, 2.45) is 0 Å². The van der Waals surface area contributed by atoms with Gasteiger partial charge in [-0.3, -0.25) is 4.79 Å². The van der Waals surface area contributed by atoms with Gasteiger partial charge in [-0.05, 0) is 49.2 Å². The molecule has 2 aromatic carbocycles. The first-order valence-corrected chi connectivity index (χ1v) is 10.2. The zero-order valence-corrected chi connectivity index (χ0v) is 17.8. The summed E-state index contributed by atoms with van der Waals surface area (Å²) in [6.07, 6.45) is 1.81. The van der Waals surface area contributed by atoms with Gasteiger partial charge in [0, 0.05) is 23.7 Å². The molecule has 0 spiro atoms. The fourth-order valence-electron chi connectivity index (χ4n) is 3.28. The first-order chi connectivity index (χ1) is 14.1. The second-order valence-electron chi connectivity index (χ2n) is 6.83. The molecule has 152 valence electrons. The van der Waals surface area contributed by atoms with Crippen molar-refractivity contribution in [3.63, 3.8) is 0 Å². The van der Waals surface area contributed by atoms with Gasteiger partial charge in [-0.2, -0.15) is 5.10 Å². The highest BCUT2D eigenvalue weighted by atomic mass is 35.5. The van der Waals surface area contributed by atoms with E-state index in [0.29, 0.717) is 29.5 Å². The monoisotopic (exact) mass is 411 g/mol. The molecular weight excluding hydrogens is 386 g/mol. The molecule has 1 heterocycles. The second-order valence-corrected chi connectivity index (χ2v) is 7.27. The number of amides is 1. The van der Waals surface area contributed by atoms with Crippen LogP contribution in [0.5, 0.6) is 5.75 Å². The molecule has 0 bridgehead atoms. The SMILES string of the molecule is CCCN(CCC)C(=O)c1cc(-c2cccc(OC)c2)nn1-c1cccc(Cl)c1. The highest BCUT2D eigenvalue weighted by Crippen LogP contribution is 2.26. The van der Waals surface area contributed by atoms with Gasteiger partial charge in [0.15, 0.2) is 0 Å². The molecule has 5 nitrogen and oxygen atoms in total. The Morgan fingerprint density at radius 2 is 1.79 bits per heavy atom. The predicted octanol–water partition coefficient (Wildman–Crippen LogP) is 5.46. The summed E-state index contributed by atoms with van der Waals surface area (Å²) in [4.78, 5) is 15.3. The molecule has 0 saturated heterocycles. The molecule has 1 amide bonds. The zero-order chi connectivity index (χ0) is 20.8. The Hall–Kier alpha value is -2.79. The van der Waals surface area contributed by atoms with Gasteiger partial charge in [0.25, 0.3) is 5.91 Å². The molecule has 0 fully saturated rings. The van der Waals surface area contributed by atoms with Crippen LogP contribution in [0.1, 0.15) is 37.2 Å². The molecule has 0 N–H and O–H groups in total. The summed E-state index contributed by atoms with van der Waals surface area (Å²) < 4.78 is 7.02. The predicted molar refractivity (Wildman–Crippen MR) is 117 cm³/mol. The molecule has 0 aliphatic rings. The highest BCUT2D eigenvalue weighted by Gasteiger charge is 2.22. The van der Waals surface area contributed by atoms with Gasteiger partial charge in [0.2, 0.25) is 0 Å². The van der Waals surface area contributed by atoms with E-state index < -0.39 is 0 Å². The second kappa shape index (κ2) is 9.61. The Balaban J connectivity index is 2.12. The average molecular weight is 412 g/mol. The van der Waals surface area contributed by atoms with Crippen LogP contribution in [0.3, 0.4) is 0 Å². The normalized spacial score (nSPS) is 10.8. The molecule has 0 aliphatic carbocycles. The summed E-state index contributed by atoms with van der Waals surface area (Å²) >= 11 is 6.20.